The second-order valence-corrected chi connectivity index (χ2v) is 10.0. The van der Waals surface area contributed by atoms with Gasteiger partial charge in [-0.25, -0.2) is 8.78 Å². The highest BCUT2D eigenvalue weighted by atomic mass is 19.1. The number of nitrogens with zero attached hydrogens (tertiary/aromatic N) is 1. The Hall–Kier alpha value is -2.14. The summed E-state index contributed by atoms with van der Waals surface area (Å²) in [6.07, 6.45) is 2.47. The lowest BCUT2D eigenvalue weighted by Crippen LogP contribution is -2.53. The maximum absolute atomic E-state index is 13.9. The number of ether oxygens (including phenoxy) is 2. The Balaban J connectivity index is 1.65. The van der Waals surface area contributed by atoms with Crippen molar-refractivity contribution in [2.24, 2.45) is 5.92 Å². The van der Waals surface area contributed by atoms with Crippen molar-refractivity contribution >= 4 is 11.8 Å². The van der Waals surface area contributed by atoms with Crippen LogP contribution >= 0.6 is 0 Å². The molecule has 8 nitrogen and oxygen atoms in total. The molecule has 5 atom stereocenters. The van der Waals surface area contributed by atoms with Crippen LogP contribution in [0.4, 0.5) is 8.78 Å². The number of rotatable bonds is 15. The SMILES string of the molecule is CCCCO[C@H]1CN[C@@H]([C@@H](O)[C@H](Cc2cc(F)cc(F)c2)NC(=O)C2CC(=O)N(CCOCCC)C2)C1. The van der Waals surface area contributed by atoms with Crippen LogP contribution in [-0.2, 0) is 25.5 Å². The molecule has 0 aromatic heterocycles. The van der Waals surface area contributed by atoms with E-state index in [4.69, 9.17) is 9.47 Å². The number of carbonyl (C=O) groups excluding carboxylic acids is 2. The average molecular weight is 526 g/mol. The summed E-state index contributed by atoms with van der Waals surface area (Å²) in [5.74, 6) is -2.49. The Kier molecular flexibility index (Phi) is 11.7. The summed E-state index contributed by atoms with van der Waals surface area (Å²) in [5, 5.41) is 17.4. The first kappa shape index (κ1) is 29.4. The van der Waals surface area contributed by atoms with Gasteiger partial charge in [-0.05, 0) is 43.4 Å². The summed E-state index contributed by atoms with van der Waals surface area (Å²) in [4.78, 5) is 27.2. The fourth-order valence-corrected chi connectivity index (χ4v) is 4.92. The summed E-state index contributed by atoms with van der Waals surface area (Å²) < 4.78 is 39.0. The molecule has 0 radical (unpaired) electrons. The Bertz CT molecular complexity index is 869. The molecular formula is C27H41F2N3O5. The topological polar surface area (TPSA) is 100 Å². The van der Waals surface area contributed by atoms with E-state index in [2.05, 4.69) is 17.6 Å². The molecule has 0 bridgehead atoms. The first-order chi connectivity index (χ1) is 17.8. The Morgan fingerprint density at radius 1 is 1.19 bits per heavy atom. The molecule has 2 heterocycles. The van der Waals surface area contributed by atoms with Crippen molar-refractivity contribution in [1.29, 1.82) is 0 Å². The van der Waals surface area contributed by atoms with Crippen molar-refractivity contribution in [3.63, 3.8) is 0 Å². The van der Waals surface area contributed by atoms with Crippen LogP contribution in [0.2, 0.25) is 0 Å². The number of unbranched alkanes of at least 4 members (excludes halogenated alkanes) is 1. The van der Waals surface area contributed by atoms with Crippen LogP contribution in [-0.4, -0.2) is 85.6 Å². The molecular weight excluding hydrogens is 484 g/mol. The van der Waals surface area contributed by atoms with Gasteiger partial charge in [-0.15, -0.1) is 0 Å². The number of hydrogen-bond donors (Lipinski definition) is 3. The quantitative estimate of drug-likeness (QED) is 0.304. The molecule has 2 fully saturated rings. The maximum Gasteiger partial charge on any atom is 0.225 e. The third-order valence-corrected chi connectivity index (χ3v) is 6.95. The number of hydrogen-bond acceptors (Lipinski definition) is 6. The molecule has 2 aliphatic heterocycles. The van der Waals surface area contributed by atoms with Gasteiger partial charge in [0.15, 0.2) is 0 Å². The van der Waals surface area contributed by atoms with E-state index < -0.39 is 29.7 Å². The third kappa shape index (κ3) is 8.98. The minimum Gasteiger partial charge on any atom is -0.389 e. The van der Waals surface area contributed by atoms with Crippen molar-refractivity contribution in [3.05, 3.63) is 35.4 Å². The number of aliphatic hydroxyl groups is 1. The lowest BCUT2D eigenvalue weighted by molar-refractivity contribution is -0.129. The minimum absolute atomic E-state index is 0.0381. The number of amides is 2. The Labute approximate surface area is 218 Å². The van der Waals surface area contributed by atoms with Gasteiger partial charge in [-0.2, -0.15) is 0 Å². The zero-order valence-corrected chi connectivity index (χ0v) is 21.9. The van der Waals surface area contributed by atoms with Crippen LogP contribution < -0.4 is 10.6 Å². The van der Waals surface area contributed by atoms with Crippen molar-refractivity contribution < 1.29 is 33.0 Å². The van der Waals surface area contributed by atoms with Crippen LogP contribution in [0.25, 0.3) is 0 Å². The molecule has 3 N–H and O–H groups in total. The minimum atomic E-state index is -1.02. The zero-order chi connectivity index (χ0) is 26.8. The highest BCUT2D eigenvalue weighted by Crippen LogP contribution is 2.22. The molecule has 10 heteroatoms. The molecule has 208 valence electrons. The lowest BCUT2D eigenvalue weighted by Gasteiger charge is -2.29. The second-order valence-electron chi connectivity index (χ2n) is 10.0. The van der Waals surface area contributed by atoms with Gasteiger partial charge in [-0.1, -0.05) is 20.3 Å². The van der Waals surface area contributed by atoms with E-state index in [1.165, 1.54) is 12.1 Å². The largest absolute Gasteiger partial charge is 0.389 e. The van der Waals surface area contributed by atoms with E-state index in [0.717, 1.165) is 25.3 Å². The van der Waals surface area contributed by atoms with Crippen LogP contribution in [0.5, 0.6) is 0 Å². The summed E-state index contributed by atoms with van der Waals surface area (Å²) >= 11 is 0. The van der Waals surface area contributed by atoms with Gasteiger partial charge in [0.2, 0.25) is 11.8 Å². The van der Waals surface area contributed by atoms with Crippen molar-refractivity contribution in [2.75, 3.05) is 39.5 Å². The highest BCUT2D eigenvalue weighted by molar-refractivity contribution is 5.89. The first-order valence-electron chi connectivity index (χ1n) is 13.4. The van der Waals surface area contributed by atoms with Gasteiger partial charge >= 0.3 is 0 Å². The van der Waals surface area contributed by atoms with E-state index in [-0.39, 0.29) is 43.3 Å². The number of halogens is 2. The van der Waals surface area contributed by atoms with E-state index in [9.17, 15) is 23.5 Å². The van der Waals surface area contributed by atoms with E-state index in [0.29, 0.717) is 44.9 Å². The first-order valence-corrected chi connectivity index (χ1v) is 13.4. The predicted molar refractivity (Wildman–Crippen MR) is 135 cm³/mol. The smallest absolute Gasteiger partial charge is 0.225 e. The number of benzene rings is 1. The van der Waals surface area contributed by atoms with Gasteiger partial charge in [0.05, 0.1) is 30.8 Å². The van der Waals surface area contributed by atoms with Gasteiger partial charge in [0.25, 0.3) is 0 Å². The molecule has 1 unspecified atom stereocenters. The molecule has 0 spiro atoms. The molecule has 2 aliphatic rings. The fraction of sp³-hybridized carbons (Fsp3) is 0.704. The monoisotopic (exact) mass is 525 g/mol. The molecule has 1 aromatic rings. The normalized spacial score (nSPS) is 23.4. The van der Waals surface area contributed by atoms with Crippen LogP contribution in [0, 0.1) is 17.6 Å². The summed E-state index contributed by atoms with van der Waals surface area (Å²) in [7, 11) is 0. The molecule has 0 saturated carbocycles. The predicted octanol–water partition coefficient (Wildman–Crippen LogP) is 2.18. The van der Waals surface area contributed by atoms with E-state index >= 15 is 0 Å². The second kappa shape index (κ2) is 14.7. The van der Waals surface area contributed by atoms with Crippen molar-refractivity contribution in [3.8, 4) is 0 Å². The lowest BCUT2D eigenvalue weighted by atomic mass is 9.94. The molecule has 37 heavy (non-hydrogen) atoms. The van der Waals surface area contributed by atoms with Gasteiger partial charge in [0, 0.05) is 51.4 Å². The molecule has 2 amide bonds. The van der Waals surface area contributed by atoms with E-state index in [1.54, 1.807) is 4.90 Å². The number of aliphatic hydroxyl groups excluding tert-OH is 1. The number of nitrogens with one attached hydrogen (secondary N) is 2. The standard InChI is InChI=1S/C27H41F2N3O5/c1-3-5-8-37-22-15-23(30-16-22)26(34)24(12-18-10-20(28)14-21(29)11-18)31-27(35)19-13-25(33)32(17-19)6-9-36-7-4-2/h10-11,14,19,22-24,26,30,34H,3-9,12-13,15-17H2,1-2H3,(H,31,35)/t19?,22-,23-,24+,26-/m1/s1. The zero-order valence-electron chi connectivity index (χ0n) is 21.9. The molecule has 3 rings (SSSR count). The Morgan fingerprint density at radius 3 is 2.65 bits per heavy atom. The highest BCUT2D eigenvalue weighted by Gasteiger charge is 2.38. The van der Waals surface area contributed by atoms with Gasteiger partial charge in [-0.3, -0.25) is 9.59 Å². The summed E-state index contributed by atoms with van der Waals surface area (Å²) in [6, 6.07) is 2.02. The van der Waals surface area contributed by atoms with Crippen LogP contribution in [0.1, 0.15) is 51.5 Å². The average Bonchev–Trinajstić information content (AvgIpc) is 3.47. The number of likely N-dealkylation sites (tertiary alicyclic amines) is 1. The van der Waals surface area contributed by atoms with Crippen molar-refractivity contribution in [2.45, 2.75) is 76.7 Å². The fourth-order valence-electron chi connectivity index (χ4n) is 4.92. The van der Waals surface area contributed by atoms with Gasteiger partial charge < -0.3 is 30.1 Å². The number of carbonyl (C=O) groups is 2. The van der Waals surface area contributed by atoms with Crippen LogP contribution in [0.15, 0.2) is 18.2 Å². The molecule has 1 aromatic carbocycles. The van der Waals surface area contributed by atoms with Crippen molar-refractivity contribution in [1.82, 2.24) is 15.5 Å². The van der Waals surface area contributed by atoms with Gasteiger partial charge in [0.1, 0.15) is 11.6 Å². The Morgan fingerprint density at radius 2 is 1.95 bits per heavy atom. The third-order valence-electron chi connectivity index (χ3n) is 6.95. The summed E-state index contributed by atoms with van der Waals surface area (Å²) in [5.41, 5.74) is 0.327. The maximum atomic E-state index is 13.9. The molecule has 0 aliphatic carbocycles. The summed E-state index contributed by atoms with van der Waals surface area (Å²) in [6.45, 7) is 7.03. The van der Waals surface area contributed by atoms with Crippen LogP contribution in [0.3, 0.4) is 0 Å². The van der Waals surface area contributed by atoms with E-state index in [1.807, 2.05) is 6.92 Å². The molecule has 2 saturated heterocycles.